The predicted octanol–water partition coefficient (Wildman–Crippen LogP) is 0.272. The van der Waals surface area contributed by atoms with Gasteiger partial charge < -0.3 is 0 Å². The molecule has 4 rings (SSSR count). The van der Waals surface area contributed by atoms with Gasteiger partial charge in [0.1, 0.15) is 0 Å². The Balaban J connectivity index is 1.49. The Kier molecular flexibility index (Phi) is 5.53. The fourth-order valence-electron chi connectivity index (χ4n) is 3.13. The van der Waals surface area contributed by atoms with Crippen molar-refractivity contribution in [2.24, 2.45) is 5.73 Å². The van der Waals surface area contributed by atoms with E-state index in [1.165, 1.54) is 10.0 Å². The molecule has 3 aromatic rings. The summed E-state index contributed by atoms with van der Waals surface area (Å²) in [7, 11) is 0. The number of aryl methyl sites for hydroxylation is 1. The standard InChI is InChI=1S/C19H23AsN5O/c21-7-1-8-25-9-6-15-14-22-19(23-18(15)25)20-16-2-4-17(5-3-16)24-10-12-26-13-11-24/h2-6,9,14H,1,7-8,10-13,21H2. The maximum atomic E-state index is 5.64. The van der Waals surface area contributed by atoms with Crippen molar-refractivity contribution in [3.05, 3.63) is 42.7 Å². The number of anilines is 1. The third-order valence-corrected chi connectivity index (χ3v) is 6.59. The molecule has 0 saturated carbocycles. The van der Waals surface area contributed by atoms with Gasteiger partial charge in [-0.1, -0.05) is 0 Å². The summed E-state index contributed by atoms with van der Waals surface area (Å²) in [5.74, 6) is 0. The first-order chi connectivity index (χ1) is 12.8. The molecule has 0 aliphatic carbocycles. The molecule has 6 nitrogen and oxygen atoms in total. The number of nitrogens with zero attached hydrogens (tertiary/aromatic N) is 4. The van der Waals surface area contributed by atoms with Gasteiger partial charge in [0.2, 0.25) is 0 Å². The Bertz CT molecular complexity index is 858. The minimum atomic E-state index is -0.222. The molecule has 2 N–H and O–H groups in total. The molecule has 26 heavy (non-hydrogen) atoms. The van der Waals surface area contributed by atoms with Gasteiger partial charge in [0.05, 0.1) is 0 Å². The number of nitrogens with two attached hydrogens (primary N) is 1. The van der Waals surface area contributed by atoms with Crippen LogP contribution in [0.4, 0.5) is 5.69 Å². The molecule has 1 aliphatic heterocycles. The summed E-state index contributed by atoms with van der Waals surface area (Å²) in [5, 5.41) is 1.09. The SMILES string of the molecule is NCCCn1ccc2cnc([As]c3ccc(N4CCOCC4)cc3)nc21. The van der Waals surface area contributed by atoms with Gasteiger partial charge in [0.25, 0.3) is 0 Å². The van der Waals surface area contributed by atoms with E-state index in [0.29, 0.717) is 6.54 Å². The molecule has 0 bridgehead atoms. The molecule has 135 valence electrons. The van der Waals surface area contributed by atoms with Crippen molar-refractivity contribution >= 4 is 41.4 Å². The summed E-state index contributed by atoms with van der Waals surface area (Å²) >= 11 is -0.222. The van der Waals surface area contributed by atoms with Gasteiger partial charge >= 0.3 is 160 Å². The third-order valence-electron chi connectivity index (χ3n) is 4.55. The summed E-state index contributed by atoms with van der Waals surface area (Å²) < 4.78 is 9.86. The van der Waals surface area contributed by atoms with E-state index in [4.69, 9.17) is 15.5 Å². The van der Waals surface area contributed by atoms with E-state index < -0.39 is 0 Å². The van der Waals surface area contributed by atoms with Gasteiger partial charge in [-0.15, -0.1) is 0 Å². The van der Waals surface area contributed by atoms with Crippen molar-refractivity contribution in [2.75, 3.05) is 37.7 Å². The summed E-state index contributed by atoms with van der Waals surface area (Å²) in [4.78, 5) is 11.8. The first-order valence-electron chi connectivity index (χ1n) is 9.00. The van der Waals surface area contributed by atoms with Crippen LogP contribution >= 0.6 is 0 Å². The number of hydrogen-bond acceptors (Lipinski definition) is 5. The summed E-state index contributed by atoms with van der Waals surface area (Å²) in [5.41, 5.74) is 7.92. The first kappa shape index (κ1) is 17.5. The van der Waals surface area contributed by atoms with E-state index >= 15 is 0 Å². The van der Waals surface area contributed by atoms with E-state index in [-0.39, 0.29) is 15.8 Å². The van der Waals surface area contributed by atoms with Gasteiger partial charge in [-0.05, 0) is 0 Å². The fraction of sp³-hybridized carbons (Fsp3) is 0.368. The van der Waals surface area contributed by atoms with Crippen LogP contribution in [0.25, 0.3) is 11.0 Å². The van der Waals surface area contributed by atoms with Crippen LogP contribution in [0, 0.1) is 0 Å². The van der Waals surface area contributed by atoms with Crippen molar-refractivity contribution in [1.29, 1.82) is 0 Å². The minimum absolute atomic E-state index is 0.222. The van der Waals surface area contributed by atoms with Gasteiger partial charge in [-0.25, -0.2) is 0 Å². The first-order valence-corrected chi connectivity index (χ1v) is 10.9. The maximum absolute atomic E-state index is 5.64. The van der Waals surface area contributed by atoms with E-state index in [1.807, 2.05) is 6.20 Å². The second-order valence-electron chi connectivity index (χ2n) is 6.33. The molecule has 0 unspecified atom stereocenters. The van der Waals surface area contributed by atoms with Crippen LogP contribution in [-0.2, 0) is 11.3 Å². The van der Waals surface area contributed by atoms with Gasteiger partial charge in [0.15, 0.2) is 0 Å². The topological polar surface area (TPSA) is 69.2 Å². The van der Waals surface area contributed by atoms with E-state index in [1.54, 1.807) is 0 Å². The molecule has 7 heteroatoms. The van der Waals surface area contributed by atoms with E-state index in [9.17, 15) is 0 Å². The number of fused-ring (bicyclic) bond motifs is 1. The van der Waals surface area contributed by atoms with Crippen LogP contribution < -0.4 is 19.6 Å². The normalized spacial score (nSPS) is 15.3. The number of aromatic nitrogens is 3. The number of benzene rings is 1. The molecule has 3 heterocycles. The van der Waals surface area contributed by atoms with Crippen molar-refractivity contribution in [1.82, 2.24) is 14.5 Å². The molecule has 1 saturated heterocycles. The zero-order valence-corrected chi connectivity index (χ0v) is 16.6. The predicted molar refractivity (Wildman–Crippen MR) is 106 cm³/mol. The zero-order chi connectivity index (χ0) is 17.8. The number of rotatable bonds is 6. The Morgan fingerprint density at radius 1 is 1.12 bits per heavy atom. The molecule has 0 atom stereocenters. The van der Waals surface area contributed by atoms with Crippen molar-refractivity contribution < 1.29 is 4.74 Å². The van der Waals surface area contributed by atoms with Crippen LogP contribution in [0.15, 0.2) is 42.7 Å². The average molecular weight is 412 g/mol. The van der Waals surface area contributed by atoms with Crippen LogP contribution in [0.1, 0.15) is 6.42 Å². The summed E-state index contributed by atoms with van der Waals surface area (Å²) in [6, 6.07) is 10.9. The van der Waals surface area contributed by atoms with Crippen LogP contribution in [0.5, 0.6) is 0 Å². The Labute approximate surface area is 160 Å². The Hall–Kier alpha value is -1.88. The molecular weight excluding hydrogens is 389 g/mol. The molecule has 1 aliphatic rings. The number of morpholine rings is 1. The molecule has 2 aromatic heterocycles. The number of hydrogen-bond donors (Lipinski definition) is 1. The molecule has 1 fully saturated rings. The average Bonchev–Trinajstić information content (AvgIpc) is 3.10. The second-order valence-corrected chi connectivity index (χ2v) is 8.72. The van der Waals surface area contributed by atoms with Crippen LogP contribution in [0.2, 0.25) is 0 Å². The van der Waals surface area contributed by atoms with Crippen molar-refractivity contribution in [3.8, 4) is 0 Å². The molecular formula is C19H23AsN5O. The zero-order valence-electron chi connectivity index (χ0n) is 14.7. The van der Waals surface area contributed by atoms with E-state index in [0.717, 1.165) is 54.9 Å². The Morgan fingerprint density at radius 2 is 1.92 bits per heavy atom. The number of ether oxygens (including phenoxy) is 1. The molecule has 0 amide bonds. The van der Waals surface area contributed by atoms with Gasteiger partial charge in [-0.3, -0.25) is 0 Å². The summed E-state index contributed by atoms with van der Waals surface area (Å²) in [6.45, 7) is 5.15. The quantitative estimate of drug-likeness (QED) is 0.589. The van der Waals surface area contributed by atoms with Crippen molar-refractivity contribution in [3.63, 3.8) is 0 Å². The van der Waals surface area contributed by atoms with Gasteiger partial charge in [-0.2, -0.15) is 0 Å². The molecule has 1 radical (unpaired) electrons. The second kappa shape index (κ2) is 8.21. The molecule has 1 aromatic carbocycles. The van der Waals surface area contributed by atoms with Crippen LogP contribution in [0.3, 0.4) is 0 Å². The van der Waals surface area contributed by atoms with E-state index in [2.05, 4.69) is 51.0 Å². The fourth-order valence-corrected chi connectivity index (χ4v) is 4.79. The summed E-state index contributed by atoms with van der Waals surface area (Å²) in [6.07, 6.45) is 4.97. The molecule has 0 spiro atoms. The van der Waals surface area contributed by atoms with Crippen molar-refractivity contribution in [2.45, 2.75) is 13.0 Å². The monoisotopic (exact) mass is 412 g/mol. The third kappa shape index (κ3) is 3.93. The van der Waals surface area contributed by atoms with Gasteiger partial charge in [0, 0.05) is 0 Å². The van der Waals surface area contributed by atoms with Crippen LogP contribution in [-0.4, -0.2) is 63.1 Å². The Morgan fingerprint density at radius 3 is 2.69 bits per heavy atom.